The Balaban J connectivity index is 1.60. The molecular weight excluding hydrogens is 404 g/mol. The van der Waals surface area contributed by atoms with E-state index in [-0.39, 0.29) is 36.9 Å². The molecule has 7 nitrogen and oxygen atoms in total. The van der Waals surface area contributed by atoms with Crippen molar-refractivity contribution in [1.82, 2.24) is 15.5 Å². The Morgan fingerprint density at radius 1 is 1.16 bits per heavy atom. The molecule has 32 heavy (non-hydrogen) atoms. The van der Waals surface area contributed by atoms with Crippen LogP contribution < -0.4 is 16.4 Å². The minimum atomic E-state index is -0.855. The molecule has 3 atom stereocenters. The first-order chi connectivity index (χ1) is 15.3. The maximum absolute atomic E-state index is 13.2. The summed E-state index contributed by atoms with van der Waals surface area (Å²) < 4.78 is 0. The van der Waals surface area contributed by atoms with Gasteiger partial charge in [0.1, 0.15) is 0 Å². The zero-order valence-electron chi connectivity index (χ0n) is 18.5. The molecule has 0 radical (unpaired) electrons. The number of carbonyl (C=O) groups is 3. The molecule has 2 heterocycles. The number of nitrogens with one attached hydrogen (secondary N) is 2. The monoisotopic (exact) mass is 434 g/mol. The lowest BCUT2D eigenvalue weighted by Crippen LogP contribution is -2.62. The van der Waals surface area contributed by atoms with Gasteiger partial charge in [-0.3, -0.25) is 14.4 Å². The van der Waals surface area contributed by atoms with E-state index >= 15 is 0 Å². The standard InChI is InChI=1S/C25H30N4O3/c1-16(2)27-23(31)20-14-29(24(32)21(26)12-17-8-4-3-5-9-17)15-25(20)13-18-10-6-7-11-19(18)22(30)28-25/h3-11,16,20-21H,12-15,26H2,1-2H3,(H,27,31)(H,28,30). The number of hydrogen-bond acceptors (Lipinski definition) is 4. The van der Waals surface area contributed by atoms with Crippen molar-refractivity contribution in [3.05, 3.63) is 71.3 Å². The first-order valence-corrected chi connectivity index (χ1v) is 11.1. The molecule has 0 saturated carbocycles. The molecule has 1 fully saturated rings. The van der Waals surface area contributed by atoms with Crippen LogP contribution in [0.2, 0.25) is 0 Å². The summed E-state index contributed by atoms with van der Waals surface area (Å²) in [7, 11) is 0. The summed E-state index contributed by atoms with van der Waals surface area (Å²) in [6.07, 6.45) is 0.907. The van der Waals surface area contributed by atoms with Crippen molar-refractivity contribution in [2.75, 3.05) is 13.1 Å². The molecule has 0 aromatic heterocycles. The molecular formula is C25H30N4O3. The third kappa shape index (κ3) is 4.25. The van der Waals surface area contributed by atoms with Crippen molar-refractivity contribution >= 4 is 17.7 Å². The van der Waals surface area contributed by atoms with Crippen LogP contribution in [-0.2, 0) is 22.4 Å². The molecule has 2 aliphatic heterocycles. The van der Waals surface area contributed by atoms with Crippen LogP contribution in [0.5, 0.6) is 0 Å². The summed E-state index contributed by atoms with van der Waals surface area (Å²) in [6, 6.07) is 16.3. The summed E-state index contributed by atoms with van der Waals surface area (Å²) in [6.45, 7) is 4.27. The van der Waals surface area contributed by atoms with E-state index in [1.54, 1.807) is 11.0 Å². The van der Waals surface area contributed by atoms with E-state index in [1.165, 1.54) is 0 Å². The van der Waals surface area contributed by atoms with E-state index in [1.807, 2.05) is 62.4 Å². The van der Waals surface area contributed by atoms with Crippen LogP contribution in [0, 0.1) is 5.92 Å². The molecule has 1 saturated heterocycles. The van der Waals surface area contributed by atoms with Gasteiger partial charge in [0.2, 0.25) is 11.8 Å². The average Bonchev–Trinajstić information content (AvgIpc) is 3.11. The SMILES string of the molecule is CC(C)NC(=O)C1CN(C(=O)C(N)Cc2ccccc2)CC12Cc1ccccc1C(=O)N2. The number of nitrogens with zero attached hydrogens (tertiary/aromatic N) is 1. The third-order valence-corrected chi connectivity index (χ3v) is 6.35. The summed E-state index contributed by atoms with van der Waals surface area (Å²) in [5, 5.41) is 6.06. The smallest absolute Gasteiger partial charge is 0.252 e. The van der Waals surface area contributed by atoms with Crippen LogP contribution in [-0.4, -0.2) is 53.3 Å². The number of hydrogen-bond donors (Lipinski definition) is 3. The number of likely N-dealkylation sites (tertiary alicyclic amines) is 1. The van der Waals surface area contributed by atoms with E-state index in [0.29, 0.717) is 18.4 Å². The Kier molecular flexibility index (Phi) is 6.02. The molecule has 2 aromatic rings. The summed E-state index contributed by atoms with van der Waals surface area (Å²) in [5.74, 6) is -1.14. The van der Waals surface area contributed by atoms with Crippen LogP contribution in [0.25, 0.3) is 0 Å². The quantitative estimate of drug-likeness (QED) is 0.659. The van der Waals surface area contributed by atoms with E-state index in [0.717, 1.165) is 11.1 Å². The highest BCUT2D eigenvalue weighted by Gasteiger charge is 2.54. The molecule has 4 N–H and O–H groups in total. The van der Waals surface area contributed by atoms with Crippen molar-refractivity contribution in [2.24, 2.45) is 11.7 Å². The predicted octanol–water partition coefficient (Wildman–Crippen LogP) is 1.26. The highest BCUT2D eigenvalue weighted by molar-refractivity contribution is 5.98. The van der Waals surface area contributed by atoms with Gasteiger partial charge in [0.15, 0.2) is 0 Å². The second-order valence-corrected chi connectivity index (χ2v) is 9.18. The second-order valence-electron chi connectivity index (χ2n) is 9.18. The lowest BCUT2D eigenvalue weighted by molar-refractivity contribution is -0.132. The molecule has 4 rings (SSSR count). The number of carbonyl (C=O) groups excluding carboxylic acids is 3. The van der Waals surface area contributed by atoms with Gasteiger partial charge in [-0.2, -0.15) is 0 Å². The maximum Gasteiger partial charge on any atom is 0.252 e. The van der Waals surface area contributed by atoms with Crippen LogP contribution in [0.1, 0.15) is 35.3 Å². The number of benzene rings is 2. The van der Waals surface area contributed by atoms with E-state index in [2.05, 4.69) is 10.6 Å². The lowest BCUT2D eigenvalue weighted by Gasteiger charge is -2.39. The second kappa shape index (κ2) is 8.74. The zero-order valence-corrected chi connectivity index (χ0v) is 18.5. The Morgan fingerprint density at radius 2 is 1.84 bits per heavy atom. The molecule has 1 spiro atoms. The highest BCUT2D eigenvalue weighted by Crippen LogP contribution is 2.36. The van der Waals surface area contributed by atoms with Crippen LogP contribution in [0.4, 0.5) is 0 Å². The third-order valence-electron chi connectivity index (χ3n) is 6.35. The topological polar surface area (TPSA) is 105 Å². The van der Waals surface area contributed by atoms with Crippen LogP contribution in [0.3, 0.4) is 0 Å². The van der Waals surface area contributed by atoms with Crippen LogP contribution in [0.15, 0.2) is 54.6 Å². The van der Waals surface area contributed by atoms with E-state index < -0.39 is 17.5 Å². The normalized spacial score (nSPS) is 23.1. The lowest BCUT2D eigenvalue weighted by atomic mass is 9.77. The van der Waals surface area contributed by atoms with Gasteiger partial charge < -0.3 is 21.3 Å². The van der Waals surface area contributed by atoms with E-state index in [4.69, 9.17) is 5.73 Å². The fourth-order valence-electron chi connectivity index (χ4n) is 4.87. The van der Waals surface area contributed by atoms with Gasteiger partial charge in [-0.15, -0.1) is 0 Å². The Labute approximate surface area is 188 Å². The van der Waals surface area contributed by atoms with Gasteiger partial charge in [0, 0.05) is 24.7 Å². The molecule has 7 heteroatoms. The first kappa shape index (κ1) is 22.0. The molecule has 0 bridgehead atoms. The average molecular weight is 435 g/mol. The van der Waals surface area contributed by atoms with Crippen molar-refractivity contribution in [3.63, 3.8) is 0 Å². The number of rotatable bonds is 5. The van der Waals surface area contributed by atoms with Crippen molar-refractivity contribution in [3.8, 4) is 0 Å². The fourth-order valence-corrected chi connectivity index (χ4v) is 4.87. The van der Waals surface area contributed by atoms with Gasteiger partial charge >= 0.3 is 0 Å². The van der Waals surface area contributed by atoms with E-state index in [9.17, 15) is 14.4 Å². The molecule has 3 unspecified atom stereocenters. The maximum atomic E-state index is 13.2. The molecule has 168 valence electrons. The fraction of sp³-hybridized carbons (Fsp3) is 0.400. The molecule has 0 aliphatic carbocycles. The Hall–Kier alpha value is -3.19. The number of fused-ring (bicyclic) bond motifs is 1. The summed E-state index contributed by atoms with van der Waals surface area (Å²) in [4.78, 5) is 41.0. The molecule has 3 amide bonds. The summed E-state index contributed by atoms with van der Waals surface area (Å²) in [5.41, 5.74) is 7.91. The van der Waals surface area contributed by atoms with Gasteiger partial charge in [-0.1, -0.05) is 48.5 Å². The minimum Gasteiger partial charge on any atom is -0.354 e. The summed E-state index contributed by atoms with van der Waals surface area (Å²) >= 11 is 0. The first-order valence-electron chi connectivity index (χ1n) is 11.1. The minimum absolute atomic E-state index is 0.0452. The largest absolute Gasteiger partial charge is 0.354 e. The van der Waals surface area contributed by atoms with Gasteiger partial charge in [0.05, 0.1) is 17.5 Å². The molecule has 2 aliphatic rings. The van der Waals surface area contributed by atoms with Gasteiger partial charge in [-0.25, -0.2) is 0 Å². The number of amides is 3. The van der Waals surface area contributed by atoms with Crippen molar-refractivity contribution in [1.29, 1.82) is 0 Å². The van der Waals surface area contributed by atoms with Crippen molar-refractivity contribution in [2.45, 2.75) is 44.3 Å². The van der Waals surface area contributed by atoms with Crippen molar-refractivity contribution < 1.29 is 14.4 Å². The van der Waals surface area contributed by atoms with Gasteiger partial charge in [-0.05, 0) is 43.9 Å². The van der Waals surface area contributed by atoms with Crippen LogP contribution >= 0.6 is 0 Å². The predicted molar refractivity (Wildman–Crippen MR) is 122 cm³/mol. The molecule has 2 aromatic carbocycles. The van der Waals surface area contributed by atoms with Gasteiger partial charge in [0.25, 0.3) is 5.91 Å². The number of nitrogens with two attached hydrogens (primary N) is 1. The zero-order chi connectivity index (χ0) is 22.9. The Bertz CT molecular complexity index is 1020. The Morgan fingerprint density at radius 3 is 2.56 bits per heavy atom. The highest BCUT2D eigenvalue weighted by atomic mass is 16.2.